The molecule has 5 rings (SSSR count). The van der Waals surface area contributed by atoms with Gasteiger partial charge in [0.1, 0.15) is 18.0 Å². The Balaban J connectivity index is 1.30. The second kappa shape index (κ2) is 16.3. The van der Waals surface area contributed by atoms with Crippen molar-refractivity contribution in [2.24, 2.45) is 0 Å². The molecular formula is C35H38ClN9O6. The zero-order valence-electron chi connectivity index (χ0n) is 28.3. The summed E-state index contributed by atoms with van der Waals surface area (Å²) in [6.45, 7) is 6.68. The Hall–Kier alpha value is -5.83. The van der Waals surface area contributed by atoms with Crippen LogP contribution in [0.25, 0.3) is 5.69 Å². The van der Waals surface area contributed by atoms with Crippen LogP contribution in [0, 0.1) is 0 Å². The minimum Gasteiger partial charge on any atom is -0.456 e. The van der Waals surface area contributed by atoms with E-state index in [9.17, 15) is 24.0 Å². The first-order valence-electron chi connectivity index (χ1n) is 16.3. The zero-order chi connectivity index (χ0) is 36.5. The van der Waals surface area contributed by atoms with E-state index in [-0.39, 0.29) is 23.2 Å². The Morgan fingerprint density at radius 2 is 1.51 bits per heavy atom. The van der Waals surface area contributed by atoms with Crippen molar-refractivity contribution >= 4 is 58.4 Å². The predicted octanol–water partition coefficient (Wildman–Crippen LogP) is 4.59. The number of esters is 1. The molecule has 5 amide bonds. The van der Waals surface area contributed by atoms with Crippen molar-refractivity contribution in [3.8, 4) is 5.69 Å². The fourth-order valence-corrected chi connectivity index (χ4v) is 5.38. The second-order valence-corrected chi connectivity index (χ2v) is 13.3. The normalized spacial score (nSPS) is 13.5. The predicted molar refractivity (Wildman–Crippen MR) is 190 cm³/mol. The van der Waals surface area contributed by atoms with Gasteiger partial charge >= 0.3 is 23.8 Å². The first-order chi connectivity index (χ1) is 24.3. The van der Waals surface area contributed by atoms with Crippen molar-refractivity contribution in [3.63, 3.8) is 0 Å². The molecule has 0 saturated carbocycles. The molecule has 1 aliphatic heterocycles. The van der Waals surface area contributed by atoms with E-state index < -0.39 is 35.3 Å². The molecule has 1 aromatic heterocycles. The number of piperidine rings is 1. The molecule has 1 saturated heterocycles. The van der Waals surface area contributed by atoms with Crippen molar-refractivity contribution < 1.29 is 28.7 Å². The molecule has 15 nitrogen and oxygen atoms in total. The average Bonchev–Trinajstić information content (AvgIpc) is 3.63. The lowest BCUT2D eigenvalue weighted by Crippen LogP contribution is -2.49. The molecule has 51 heavy (non-hydrogen) atoms. The minimum absolute atomic E-state index is 0.00572. The van der Waals surface area contributed by atoms with Gasteiger partial charge in [-0.2, -0.15) is 4.68 Å². The number of nitrogens with one attached hydrogen (secondary N) is 4. The molecule has 0 radical (unpaired) electrons. The van der Waals surface area contributed by atoms with Gasteiger partial charge in [0, 0.05) is 35.9 Å². The molecular weight excluding hydrogens is 678 g/mol. The molecule has 16 heteroatoms. The molecule has 0 aliphatic carbocycles. The van der Waals surface area contributed by atoms with Crippen LogP contribution in [0.5, 0.6) is 0 Å². The largest absolute Gasteiger partial charge is 0.456 e. The Kier molecular flexibility index (Phi) is 11.6. The fraction of sp³-hybridized carbons (Fsp3) is 0.314. The number of likely N-dealkylation sites (tertiary alicyclic amines) is 1. The number of aromatic nitrogens is 4. The van der Waals surface area contributed by atoms with Gasteiger partial charge in [0.2, 0.25) is 5.91 Å². The summed E-state index contributed by atoms with van der Waals surface area (Å²) in [6.07, 6.45) is 4.34. The third kappa shape index (κ3) is 10.3. The van der Waals surface area contributed by atoms with Crippen molar-refractivity contribution in [2.75, 3.05) is 29.0 Å². The van der Waals surface area contributed by atoms with Gasteiger partial charge in [-0.15, -0.1) is 5.10 Å². The summed E-state index contributed by atoms with van der Waals surface area (Å²) in [6, 6.07) is 16.1. The van der Waals surface area contributed by atoms with E-state index >= 15 is 0 Å². The summed E-state index contributed by atoms with van der Waals surface area (Å²) < 4.78 is 6.68. The van der Waals surface area contributed by atoms with Gasteiger partial charge in [0.15, 0.2) is 0 Å². The molecule has 4 aromatic rings. The zero-order valence-corrected chi connectivity index (χ0v) is 29.1. The number of nitrogens with zero attached hydrogens (tertiary/aromatic N) is 5. The van der Waals surface area contributed by atoms with E-state index in [1.165, 1.54) is 41.3 Å². The SMILES string of the molecule is CC(C)(C)OC(=O)c1ccc(NC(=O)[C@H](Cc2ccc(NC(=O)N3CCCCC3)cc2)NC(=O)C(=O)Nc2cc(Cl)ccc2-n2cnnn2)cc1. The van der Waals surface area contributed by atoms with Crippen LogP contribution in [0.15, 0.2) is 73.1 Å². The summed E-state index contributed by atoms with van der Waals surface area (Å²) in [5, 5.41) is 22.0. The molecule has 4 N–H and O–H groups in total. The van der Waals surface area contributed by atoms with E-state index in [4.69, 9.17) is 16.3 Å². The highest BCUT2D eigenvalue weighted by Crippen LogP contribution is 2.24. The highest BCUT2D eigenvalue weighted by molar-refractivity contribution is 6.40. The first-order valence-corrected chi connectivity index (χ1v) is 16.7. The van der Waals surface area contributed by atoms with Crippen molar-refractivity contribution in [3.05, 3.63) is 89.2 Å². The number of hydrogen-bond donors (Lipinski definition) is 4. The summed E-state index contributed by atoms with van der Waals surface area (Å²) in [4.78, 5) is 66.9. The Morgan fingerprint density at radius 1 is 0.843 bits per heavy atom. The number of hydrogen-bond acceptors (Lipinski definition) is 9. The van der Waals surface area contributed by atoms with Gasteiger partial charge in [0.05, 0.1) is 16.9 Å². The Bertz CT molecular complexity index is 1870. The monoisotopic (exact) mass is 715 g/mol. The van der Waals surface area contributed by atoms with Crippen LogP contribution in [-0.4, -0.2) is 79.6 Å². The molecule has 0 unspecified atom stereocenters. The van der Waals surface area contributed by atoms with Crippen LogP contribution in [-0.2, 0) is 25.5 Å². The number of anilines is 3. The molecule has 3 aromatic carbocycles. The number of halogens is 1. The van der Waals surface area contributed by atoms with E-state index in [2.05, 4.69) is 36.8 Å². The number of ether oxygens (including phenoxy) is 1. The number of carbonyl (C=O) groups is 5. The fourth-order valence-electron chi connectivity index (χ4n) is 5.21. The van der Waals surface area contributed by atoms with Crippen LogP contribution in [0.1, 0.15) is 56.0 Å². The van der Waals surface area contributed by atoms with E-state index in [0.717, 1.165) is 19.3 Å². The number of amides is 5. The molecule has 1 fully saturated rings. The third-order valence-corrected chi connectivity index (χ3v) is 7.94. The number of rotatable bonds is 9. The first kappa shape index (κ1) is 36.5. The maximum atomic E-state index is 13.6. The number of benzene rings is 3. The number of carbonyl (C=O) groups excluding carboxylic acids is 5. The maximum Gasteiger partial charge on any atom is 0.338 e. The second-order valence-electron chi connectivity index (χ2n) is 12.8. The van der Waals surface area contributed by atoms with Crippen LogP contribution in [0.2, 0.25) is 5.02 Å². The quantitative estimate of drug-likeness (QED) is 0.142. The van der Waals surface area contributed by atoms with Gasteiger partial charge < -0.3 is 30.9 Å². The number of urea groups is 1. The van der Waals surface area contributed by atoms with Gasteiger partial charge in [-0.3, -0.25) is 14.4 Å². The summed E-state index contributed by atoms with van der Waals surface area (Å²) in [7, 11) is 0. The smallest absolute Gasteiger partial charge is 0.338 e. The van der Waals surface area contributed by atoms with Gasteiger partial charge in [-0.05, 0) is 111 Å². The standard InChI is InChI=1S/C35H38ClN9O6/c1-35(2,3)51-33(49)23-9-14-25(15-10-23)38-30(46)28(19-22-7-12-26(13-8-22)39-34(50)44-17-5-4-6-18-44)41-32(48)31(47)40-27-20-24(36)11-16-29(27)45-21-37-42-43-45/h7-16,20-21,28H,4-6,17-19H2,1-3H3,(H,38,46)(H,39,50)(H,40,47)(H,41,48)/t28-/m0/s1. The third-order valence-electron chi connectivity index (χ3n) is 7.71. The lowest BCUT2D eigenvalue weighted by Gasteiger charge is -2.26. The van der Waals surface area contributed by atoms with Gasteiger partial charge in [-0.25, -0.2) is 9.59 Å². The van der Waals surface area contributed by atoms with Crippen molar-refractivity contribution in [1.29, 1.82) is 0 Å². The summed E-state index contributed by atoms with van der Waals surface area (Å²) in [5.74, 6) is -3.30. The van der Waals surface area contributed by atoms with Crippen LogP contribution < -0.4 is 21.3 Å². The molecule has 0 bridgehead atoms. The Morgan fingerprint density at radius 3 is 2.16 bits per heavy atom. The van der Waals surface area contributed by atoms with Crippen LogP contribution in [0.4, 0.5) is 21.9 Å². The Labute approximate surface area is 299 Å². The lowest BCUT2D eigenvalue weighted by molar-refractivity contribution is -0.137. The van der Waals surface area contributed by atoms with Crippen LogP contribution >= 0.6 is 11.6 Å². The average molecular weight is 716 g/mol. The van der Waals surface area contributed by atoms with E-state index in [1.807, 2.05) is 0 Å². The highest BCUT2D eigenvalue weighted by Gasteiger charge is 2.26. The maximum absolute atomic E-state index is 13.6. The lowest BCUT2D eigenvalue weighted by atomic mass is 10.0. The highest BCUT2D eigenvalue weighted by atomic mass is 35.5. The van der Waals surface area contributed by atoms with Crippen molar-refractivity contribution in [2.45, 2.75) is 58.1 Å². The number of tetrazole rings is 1. The van der Waals surface area contributed by atoms with E-state index in [1.54, 1.807) is 62.1 Å². The van der Waals surface area contributed by atoms with Gasteiger partial charge in [-0.1, -0.05) is 23.7 Å². The topological polar surface area (TPSA) is 190 Å². The van der Waals surface area contributed by atoms with Crippen LogP contribution in [0.3, 0.4) is 0 Å². The van der Waals surface area contributed by atoms with Crippen molar-refractivity contribution in [1.82, 2.24) is 30.4 Å². The summed E-state index contributed by atoms with van der Waals surface area (Å²) in [5.41, 5.74) is 1.67. The molecule has 266 valence electrons. The molecule has 1 aliphatic rings. The van der Waals surface area contributed by atoms with Gasteiger partial charge in [0.25, 0.3) is 0 Å². The summed E-state index contributed by atoms with van der Waals surface area (Å²) >= 11 is 6.15. The molecule has 2 heterocycles. The molecule has 0 spiro atoms. The van der Waals surface area contributed by atoms with E-state index in [0.29, 0.717) is 41.3 Å². The molecule has 1 atom stereocenters. The minimum atomic E-state index is -1.22.